The van der Waals surface area contributed by atoms with Gasteiger partial charge in [0.25, 0.3) is 5.91 Å². The van der Waals surface area contributed by atoms with Crippen LogP contribution >= 0.6 is 11.8 Å². The normalized spacial score (nSPS) is 21.0. The molecule has 2 aromatic rings. The SMILES string of the molecule is C[C@@]1(c2ccc3c(c2)OCCO3)NC(=O)N(CCSc2ccccc2F)C1=O. The molecular formula is C20H19FN2O4S. The number of hydrogen-bond acceptors (Lipinski definition) is 5. The molecule has 28 heavy (non-hydrogen) atoms. The van der Waals surface area contributed by atoms with Gasteiger partial charge in [-0.3, -0.25) is 9.69 Å². The Morgan fingerprint density at radius 2 is 1.89 bits per heavy atom. The van der Waals surface area contributed by atoms with Crippen LogP contribution < -0.4 is 14.8 Å². The first-order valence-corrected chi connectivity index (χ1v) is 9.89. The number of nitrogens with one attached hydrogen (secondary N) is 1. The van der Waals surface area contributed by atoms with Gasteiger partial charge in [0, 0.05) is 17.2 Å². The zero-order valence-corrected chi connectivity index (χ0v) is 16.1. The lowest BCUT2D eigenvalue weighted by molar-refractivity contribution is -0.130. The molecule has 0 unspecified atom stereocenters. The average Bonchev–Trinajstić information content (AvgIpc) is 2.93. The predicted octanol–water partition coefficient (Wildman–Crippen LogP) is 3.16. The molecule has 1 saturated heterocycles. The molecule has 2 aliphatic heterocycles. The topological polar surface area (TPSA) is 67.9 Å². The number of halogens is 1. The molecule has 2 aliphatic rings. The van der Waals surface area contributed by atoms with Crippen molar-refractivity contribution in [3.63, 3.8) is 0 Å². The Hall–Kier alpha value is -2.74. The summed E-state index contributed by atoms with van der Waals surface area (Å²) in [4.78, 5) is 27.1. The highest BCUT2D eigenvalue weighted by Crippen LogP contribution is 2.37. The van der Waals surface area contributed by atoms with E-state index in [0.29, 0.717) is 40.9 Å². The number of rotatable bonds is 5. The molecule has 6 nitrogen and oxygen atoms in total. The van der Waals surface area contributed by atoms with Crippen molar-refractivity contribution in [1.29, 1.82) is 0 Å². The van der Waals surface area contributed by atoms with Crippen LogP contribution in [0.2, 0.25) is 0 Å². The number of carbonyl (C=O) groups is 2. The van der Waals surface area contributed by atoms with Crippen LogP contribution in [-0.2, 0) is 10.3 Å². The molecule has 2 heterocycles. The Morgan fingerprint density at radius 1 is 1.14 bits per heavy atom. The van der Waals surface area contributed by atoms with Gasteiger partial charge in [-0.15, -0.1) is 11.8 Å². The standard InChI is InChI=1S/C20H19FN2O4S/c1-20(13-6-7-15-16(12-13)27-10-9-26-15)18(24)23(19(25)22-20)8-11-28-17-5-3-2-4-14(17)21/h2-7,12H,8-11H2,1H3,(H,22,25)/t20-/m0/s1. The minimum absolute atomic E-state index is 0.184. The third-order valence-electron chi connectivity index (χ3n) is 4.80. The van der Waals surface area contributed by atoms with Gasteiger partial charge in [0.1, 0.15) is 24.6 Å². The maximum atomic E-state index is 13.7. The summed E-state index contributed by atoms with van der Waals surface area (Å²) in [5, 5.41) is 2.77. The lowest BCUT2D eigenvalue weighted by Gasteiger charge is -2.25. The fourth-order valence-electron chi connectivity index (χ4n) is 3.26. The number of imide groups is 1. The summed E-state index contributed by atoms with van der Waals surface area (Å²) >= 11 is 1.27. The highest BCUT2D eigenvalue weighted by Gasteiger charge is 2.49. The lowest BCUT2D eigenvalue weighted by Crippen LogP contribution is -2.41. The summed E-state index contributed by atoms with van der Waals surface area (Å²) in [5.41, 5.74) is -0.561. The number of carbonyl (C=O) groups excluding carboxylic acids is 2. The van der Waals surface area contributed by atoms with Crippen LogP contribution in [0.15, 0.2) is 47.4 Å². The van der Waals surface area contributed by atoms with Crippen molar-refractivity contribution < 1.29 is 23.5 Å². The number of benzene rings is 2. The number of urea groups is 1. The smallest absolute Gasteiger partial charge is 0.325 e. The molecule has 146 valence electrons. The van der Waals surface area contributed by atoms with Crippen LogP contribution in [0.25, 0.3) is 0 Å². The van der Waals surface area contributed by atoms with Crippen LogP contribution in [0.1, 0.15) is 12.5 Å². The second-order valence-corrected chi connectivity index (χ2v) is 7.79. The van der Waals surface area contributed by atoms with E-state index < -0.39 is 11.6 Å². The molecule has 1 fully saturated rings. The van der Waals surface area contributed by atoms with Gasteiger partial charge in [0.2, 0.25) is 0 Å². The van der Waals surface area contributed by atoms with Gasteiger partial charge in [-0.25, -0.2) is 9.18 Å². The Balaban J connectivity index is 1.48. The molecule has 1 N–H and O–H groups in total. The number of fused-ring (bicyclic) bond motifs is 1. The Kier molecular flexibility index (Phi) is 4.89. The van der Waals surface area contributed by atoms with Crippen LogP contribution in [0, 0.1) is 5.82 Å². The summed E-state index contributed by atoms with van der Waals surface area (Å²) in [5.74, 6) is 0.917. The fraction of sp³-hybridized carbons (Fsp3) is 0.300. The third-order valence-corrected chi connectivity index (χ3v) is 5.83. The van der Waals surface area contributed by atoms with Gasteiger partial charge in [-0.2, -0.15) is 0 Å². The molecular weight excluding hydrogens is 383 g/mol. The third kappa shape index (κ3) is 3.28. The van der Waals surface area contributed by atoms with Crippen molar-refractivity contribution >= 4 is 23.7 Å². The van der Waals surface area contributed by atoms with Crippen molar-refractivity contribution in [3.05, 3.63) is 53.8 Å². The molecule has 1 atom stereocenters. The van der Waals surface area contributed by atoms with Crippen molar-refractivity contribution in [2.75, 3.05) is 25.5 Å². The van der Waals surface area contributed by atoms with Gasteiger partial charge in [-0.1, -0.05) is 18.2 Å². The number of ether oxygens (including phenoxy) is 2. The molecule has 0 bridgehead atoms. The van der Waals surface area contributed by atoms with E-state index in [1.807, 2.05) is 0 Å². The quantitative estimate of drug-likeness (QED) is 0.615. The fourth-order valence-corrected chi connectivity index (χ4v) is 4.13. The summed E-state index contributed by atoms with van der Waals surface area (Å²) in [6, 6.07) is 11.2. The van der Waals surface area contributed by atoms with Crippen molar-refractivity contribution in [2.24, 2.45) is 0 Å². The minimum Gasteiger partial charge on any atom is -0.486 e. The molecule has 2 aromatic carbocycles. The molecule has 0 saturated carbocycles. The van der Waals surface area contributed by atoms with E-state index in [1.54, 1.807) is 43.3 Å². The highest BCUT2D eigenvalue weighted by molar-refractivity contribution is 7.99. The molecule has 8 heteroatoms. The maximum Gasteiger partial charge on any atom is 0.325 e. The van der Waals surface area contributed by atoms with E-state index >= 15 is 0 Å². The monoisotopic (exact) mass is 402 g/mol. The Morgan fingerprint density at radius 3 is 2.68 bits per heavy atom. The second-order valence-electron chi connectivity index (χ2n) is 6.65. The van der Waals surface area contributed by atoms with E-state index in [4.69, 9.17) is 9.47 Å². The van der Waals surface area contributed by atoms with Crippen LogP contribution in [0.5, 0.6) is 11.5 Å². The number of nitrogens with zero attached hydrogens (tertiary/aromatic N) is 1. The van der Waals surface area contributed by atoms with E-state index in [-0.39, 0.29) is 18.3 Å². The minimum atomic E-state index is -1.18. The molecule has 0 radical (unpaired) electrons. The first-order chi connectivity index (χ1) is 13.5. The van der Waals surface area contributed by atoms with Crippen molar-refractivity contribution in [3.8, 4) is 11.5 Å². The lowest BCUT2D eigenvalue weighted by atomic mass is 9.91. The number of amides is 3. The number of hydrogen-bond donors (Lipinski definition) is 1. The zero-order chi connectivity index (χ0) is 19.7. The summed E-state index contributed by atoms with van der Waals surface area (Å²) in [6.45, 7) is 2.77. The zero-order valence-electron chi connectivity index (χ0n) is 15.2. The summed E-state index contributed by atoms with van der Waals surface area (Å²) in [6.07, 6.45) is 0. The van der Waals surface area contributed by atoms with E-state index in [9.17, 15) is 14.0 Å². The Labute approximate surface area is 166 Å². The molecule has 3 amide bonds. The summed E-state index contributed by atoms with van der Waals surface area (Å²) < 4.78 is 24.8. The van der Waals surface area contributed by atoms with E-state index in [1.165, 1.54) is 22.7 Å². The highest BCUT2D eigenvalue weighted by atomic mass is 32.2. The Bertz CT molecular complexity index is 938. The van der Waals surface area contributed by atoms with Gasteiger partial charge < -0.3 is 14.8 Å². The van der Waals surface area contributed by atoms with Crippen LogP contribution in [0.3, 0.4) is 0 Å². The van der Waals surface area contributed by atoms with Crippen molar-refractivity contribution in [1.82, 2.24) is 10.2 Å². The van der Waals surface area contributed by atoms with Gasteiger partial charge in [0.05, 0.1) is 0 Å². The predicted molar refractivity (Wildman–Crippen MR) is 102 cm³/mol. The largest absolute Gasteiger partial charge is 0.486 e. The number of thioether (sulfide) groups is 1. The second kappa shape index (κ2) is 7.35. The first kappa shape index (κ1) is 18.6. The van der Waals surface area contributed by atoms with Gasteiger partial charge >= 0.3 is 6.03 Å². The summed E-state index contributed by atoms with van der Waals surface area (Å²) in [7, 11) is 0. The van der Waals surface area contributed by atoms with Crippen LogP contribution in [-0.4, -0.2) is 42.3 Å². The van der Waals surface area contributed by atoms with Gasteiger partial charge in [-0.05, 0) is 36.8 Å². The van der Waals surface area contributed by atoms with Gasteiger partial charge in [0.15, 0.2) is 11.5 Å². The first-order valence-electron chi connectivity index (χ1n) is 8.90. The van der Waals surface area contributed by atoms with Crippen LogP contribution in [0.4, 0.5) is 9.18 Å². The molecule has 0 aromatic heterocycles. The molecule has 4 rings (SSSR count). The molecule has 0 aliphatic carbocycles. The average molecular weight is 402 g/mol. The maximum absolute atomic E-state index is 13.7. The molecule has 0 spiro atoms. The van der Waals surface area contributed by atoms with Crippen molar-refractivity contribution in [2.45, 2.75) is 17.4 Å². The van der Waals surface area contributed by atoms with E-state index in [0.717, 1.165) is 0 Å². The van der Waals surface area contributed by atoms with E-state index in [2.05, 4.69) is 5.32 Å².